The van der Waals surface area contributed by atoms with Crippen LogP contribution in [-0.2, 0) is 9.53 Å². The summed E-state index contributed by atoms with van der Waals surface area (Å²) in [5, 5.41) is 20.5. The van der Waals surface area contributed by atoms with Crippen LogP contribution < -0.4 is 0 Å². The van der Waals surface area contributed by atoms with Crippen molar-refractivity contribution in [1.29, 1.82) is 0 Å². The molecule has 1 amide bonds. The molecule has 0 saturated carbocycles. The second-order valence-corrected chi connectivity index (χ2v) is 7.98. The fraction of sp³-hybridized carbons (Fsp3) is 0.500. The first-order chi connectivity index (χ1) is 11.5. The number of nitrogens with zero attached hydrogens (tertiary/aromatic N) is 2. The number of carbonyl (C=O) groups excluding carboxylic acids is 1. The Kier molecular flexibility index (Phi) is 5.67. The maximum Gasteiger partial charge on any atom is 0.326 e. The molecule has 1 heterocycles. The van der Waals surface area contributed by atoms with Gasteiger partial charge < -0.3 is 14.7 Å². The highest BCUT2D eigenvalue weighted by atomic mass is 127. The Morgan fingerprint density at radius 3 is 2.56 bits per heavy atom. The standard InChI is InChI=1S/C16H19IN2O6/c1-16(2,3)25-10-7-13(15(21)22)18(8-10)14(20)9-4-5-11(17)12(6-9)19(23)24/h4-6,10,13H,7-8H2,1-3H3,(H,21,22)/t10-,13+/m1/s1. The number of halogens is 1. The molecule has 0 bridgehead atoms. The van der Waals surface area contributed by atoms with E-state index in [-0.39, 0.29) is 24.2 Å². The molecule has 0 spiro atoms. The van der Waals surface area contributed by atoms with Crippen molar-refractivity contribution in [1.82, 2.24) is 4.90 Å². The lowest BCUT2D eigenvalue weighted by Gasteiger charge is -2.25. The molecule has 2 rings (SSSR count). The van der Waals surface area contributed by atoms with E-state index in [0.717, 1.165) is 0 Å². The Labute approximate surface area is 158 Å². The van der Waals surface area contributed by atoms with Crippen LogP contribution in [0.3, 0.4) is 0 Å². The molecule has 8 nitrogen and oxygen atoms in total. The zero-order valence-electron chi connectivity index (χ0n) is 14.1. The third kappa shape index (κ3) is 4.66. The molecule has 1 fully saturated rings. The van der Waals surface area contributed by atoms with Crippen molar-refractivity contribution in [3.8, 4) is 0 Å². The van der Waals surface area contributed by atoms with Crippen molar-refractivity contribution in [3.05, 3.63) is 37.4 Å². The Bertz CT molecular complexity index is 715. The summed E-state index contributed by atoms with van der Waals surface area (Å²) in [4.78, 5) is 36.0. The topological polar surface area (TPSA) is 110 Å². The molecule has 1 N–H and O–H groups in total. The third-order valence-electron chi connectivity index (χ3n) is 3.72. The molecule has 0 aliphatic carbocycles. The smallest absolute Gasteiger partial charge is 0.326 e. The predicted octanol–water partition coefficient (Wildman–Crippen LogP) is 2.68. The summed E-state index contributed by atoms with van der Waals surface area (Å²) in [6, 6.07) is 3.11. The number of aliphatic carboxylic acids is 1. The summed E-state index contributed by atoms with van der Waals surface area (Å²) < 4.78 is 6.22. The van der Waals surface area contributed by atoms with E-state index in [1.54, 1.807) is 0 Å². The average molecular weight is 462 g/mol. The molecule has 1 aromatic rings. The summed E-state index contributed by atoms with van der Waals surface area (Å²) >= 11 is 1.82. The van der Waals surface area contributed by atoms with Gasteiger partial charge in [0.2, 0.25) is 0 Å². The monoisotopic (exact) mass is 462 g/mol. The van der Waals surface area contributed by atoms with E-state index in [4.69, 9.17) is 4.74 Å². The lowest BCUT2D eigenvalue weighted by atomic mass is 10.1. The van der Waals surface area contributed by atoms with Crippen LogP contribution in [-0.4, -0.2) is 51.1 Å². The van der Waals surface area contributed by atoms with E-state index in [0.29, 0.717) is 3.57 Å². The molecule has 1 aliphatic heterocycles. The van der Waals surface area contributed by atoms with E-state index < -0.39 is 34.5 Å². The zero-order valence-corrected chi connectivity index (χ0v) is 16.2. The van der Waals surface area contributed by atoms with Crippen molar-refractivity contribution in [2.45, 2.75) is 44.9 Å². The van der Waals surface area contributed by atoms with Gasteiger partial charge in [-0.05, 0) is 55.5 Å². The molecule has 2 atom stereocenters. The first kappa shape index (κ1) is 19.6. The number of hydrogen-bond acceptors (Lipinski definition) is 5. The summed E-state index contributed by atoms with van der Waals surface area (Å²) in [5.41, 5.74) is -0.552. The molecule has 0 aromatic heterocycles. The number of carboxylic acids is 1. The van der Waals surface area contributed by atoms with E-state index >= 15 is 0 Å². The maximum atomic E-state index is 12.7. The number of hydrogen-bond donors (Lipinski definition) is 1. The number of carboxylic acid groups (broad SMARTS) is 1. The van der Waals surface area contributed by atoms with Crippen molar-refractivity contribution < 1.29 is 24.4 Å². The first-order valence-electron chi connectivity index (χ1n) is 7.65. The predicted molar refractivity (Wildman–Crippen MR) is 97.5 cm³/mol. The van der Waals surface area contributed by atoms with Gasteiger partial charge in [0.25, 0.3) is 11.6 Å². The summed E-state index contributed by atoms with van der Waals surface area (Å²) in [6.45, 7) is 5.70. The Morgan fingerprint density at radius 1 is 1.40 bits per heavy atom. The second-order valence-electron chi connectivity index (χ2n) is 6.82. The van der Waals surface area contributed by atoms with Crippen LogP contribution in [0.2, 0.25) is 0 Å². The van der Waals surface area contributed by atoms with Gasteiger partial charge in [0.05, 0.1) is 20.2 Å². The largest absolute Gasteiger partial charge is 0.480 e. The fourth-order valence-electron chi connectivity index (χ4n) is 2.79. The van der Waals surface area contributed by atoms with E-state index in [2.05, 4.69) is 0 Å². The molecule has 0 unspecified atom stereocenters. The number of carbonyl (C=O) groups is 2. The lowest BCUT2D eigenvalue weighted by Crippen LogP contribution is -2.40. The lowest BCUT2D eigenvalue weighted by molar-refractivity contribution is -0.385. The van der Waals surface area contributed by atoms with E-state index in [9.17, 15) is 24.8 Å². The van der Waals surface area contributed by atoms with Gasteiger partial charge in [-0.25, -0.2) is 4.79 Å². The van der Waals surface area contributed by atoms with Gasteiger partial charge >= 0.3 is 5.97 Å². The van der Waals surface area contributed by atoms with E-state index in [1.165, 1.54) is 23.1 Å². The van der Waals surface area contributed by atoms with Crippen molar-refractivity contribution >= 4 is 40.2 Å². The van der Waals surface area contributed by atoms with Gasteiger partial charge in [-0.15, -0.1) is 0 Å². The highest BCUT2D eigenvalue weighted by molar-refractivity contribution is 14.1. The Morgan fingerprint density at radius 2 is 2.04 bits per heavy atom. The molecule has 9 heteroatoms. The van der Waals surface area contributed by atoms with Gasteiger partial charge in [-0.2, -0.15) is 0 Å². The first-order valence-corrected chi connectivity index (χ1v) is 8.73. The second kappa shape index (κ2) is 7.24. The SMILES string of the molecule is CC(C)(C)O[C@@H]1C[C@@H](C(=O)O)N(C(=O)c2ccc(I)c([N+](=O)[O-])c2)C1. The third-order valence-corrected chi connectivity index (χ3v) is 4.63. The maximum absolute atomic E-state index is 12.7. The van der Waals surface area contributed by atoms with Crippen molar-refractivity contribution in [2.24, 2.45) is 0 Å². The number of benzene rings is 1. The molecule has 25 heavy (non-hydrogen) atoms. The molecular weight excluding hydrogens is 443 g/mol. The molecular formula is C16H19IN2O6. The van der Waals surface area contributed by atoms with Gasteiger partial charge in [-0.3, -0.25) is 14.9 Å². The average Bonchev–Trinajstić information content (AvgIpc) is 2.88. The van der Waals surface area contributed by atoms with E-state index in [1.807, 2.05) is 43.4 Å². The fourth-order valence-corrected chi connectivity index (χ4v) is 3.33. The van der Waals surface area contributed by atoms with Crippen LogP contribution in [0.5, 0.6) is 0 Å². The molecule has 1 aliphatic rings. The van der Waals surface area contributed by atoms with Crippen molar-refractivity contribution in [3.63, 3.8) is 0 Å². The molecule has 1 saturated heterocycles. The molecule has 0 radical (unpaired) electrons. The summed E-state index contributed by atoms with van der Waals surface area (Å²) in [5.74, 6) is -1.67. The van der Waals surface area contributed by atoms with Crippen LogP contribution >= 0.6 is 22.6 Å². The van der Waals surface area contributed by atoms with Crippen LogP contribution in [0.4, 0.5) is 5.69 Å². The highest BCUT2D eigenvalue weighted by Gasteiger charge is 2.42. The number of rotatable bonds is 4. The number of likely N-dealkylation sites (tertiary alicyclic amines) is 1. The van der Waals surface area contributed by atoms with Crippen LogP contribution in [0.15, 0.2) is 18.2 Å². The van der Waals surface area contributed by atoms with Crippen molar-refractivity contribution in [2.75, 3.05) is 6.54 Å². The molecule has 1 aromatic carbocycles. The number of amides is 1. The zero-order chi connectivity index (χ0) is 18.9. The van der Waals surface area contributed by atoms with Crippen LogP contribution in [0.25, 0.3) is 0 Å². The normalized spacial score (nSPS) is 20.6. The van der Waals surface area contributed by atoms with Crippen LogP contribution in [0.1, 0.15) is 37.6 Å². The number of nitro groups is 1. The summed E-state index contributed by atoms with van der Waals surface area (Å²) in [7, 11) is 0. The Balaban J connectivity index is 2.28. The highest BCUT2D eigenvalue weighted by Crippen LogP contribution is 2.28. The minimum Gasteiger partial charge on any atom is -0.480 e. The Hall–Kier alpha value is -1.75. The van der Waals surface area contributed by atoms with Gasteiger partial charge in [0.1, 0.15) is 6.04 Å². The van der Waals surface area contributed by atoms with Gasteiger partial charge in [0, 0.05) is 24.6 Å². The van der Waals surface area contributed by atoms with Gasteiger partial charge in [0.15, 0.2) is 0 Å². The summed E-state index contributed by atoms with van der Waals surface area (Å²) in [6.07, 6.45) is -0.214. The minimum absolute atomic E-state index is 0.0924. The van der Waals surface area contributed by atoms with Crippen LogP contribution in [0, 0.1) is 13.7 Å². The minimum atomic E-state index is -1.12. The molecule has 136 valence electrons. The quantitative estimate of drug-likeness (QED) is 0.419. The number of ether oxygens (including phenoxy) is 1. The van der Waals surface area contributed by atoms with Gasteiger partial charge in [-0.1, -0.05) is 0 Å². The number of nitro benzene ring substituents is 1.